The van der Waals surface area contributed by atoms with Crippen molar-refractivity contribution < 1.29 is 34.5 Å². The molecule has 0 radical (unpaired) electrons. The van der Waals surface area contributed by atoms with Gasteiger partial charge in [-0.15, -0.1) is 0 Å². The molecule has 0 aliphatic heterocycles. The van der Waals surface area contributed by atoms with Gasteiger partial charge in [-0.1, -0.05) is 13.8 Å². The SMILES string of the molecule is CC(C)CC(NC(=O)C(CO)NC(=O)C(N)CO)C(=O)NC(CCCCN)C(=O)O. The minimum absolute atomic E-state index is 0.0217. The van der Waals surface area contributed by atoms with E-state index in [0.29, 0.717) is 19.4 Å². The van der Waals surface area contributed by atoms with Gasteiger partial charge in [-0.25, -0.2) is 4.79 Å². The molecule has 0 aromatic carbocycles. The molecule has 4 atom stereocenters. The topological polar surface area (TPSA) is 217 Å². The highest BCUT2D eigenvalue weighted by Crippen LogP contribution is 2.08. The van der Waals surface area contributed by atoms with Crippen LogP contribution in [0.4, 0.5) is 0 Å². The van der Waals surface area contributed by atoms with E-state index in [0.717, 1.165) is 0 Å². The monoisotopic (exact) mass is 433 g/mol. The van der Waals surface area contributed by atoms with Gasteiger partial charge in [-0.05, 0) is 38.1 Å². The Labute approximate surface area is 175 Å². The molecule has 0 bridgehead atoms. The van der Waals surface area contributed by atoms with Gasteiger partial charge in [-0.3, -0.25) is 14.4 Å². The van der Waals surface area contributed by atoms with Crippen molar-refractivity contribution in [2.45, 2.75) is 63.7 Å². The van der Waals surface area contributed by atoms with Crippen molar-refractivity contribution >= 4 is 23.7 Å². The molecule has 174 valence electrons. The zero-order valence-corrected chi connectivity index (χ0v) is 17.5. The number of aliphatic hydroxyl groups is 2. The number of nitrogens with two attached hydrogens (primary N) is 2. The molecule has 0 aromatic rings. The van der Waals surface area contributed by atoms with Gasteiger partial charge in [0.2, 0.25) is 17.7 Å². The number of aliphatic hydroxyl groups excluding tert-OH is 2. The number of carbonyl (C=O) groups is 4. The first kappa shape index (κ1) is 27.7. The van der Waals surface area contributed by atoms with Crippen molar-refractivity contribution in [3.05, 3.63) is 0 Å². The van der Waals surface area contributed by atoms with E-state index in [1.54, 1.807) is 0 Å². The average Bonchev–Trinajstić information content (AvgIpc) is 2.69. The summed E-state index contributed by atoms with van der Waals surface area (Å²) in [5.41, 5.74) is 10.8. The van der Waals surface area contributed by atoms with Gasteiger partial charge in [-0.2, -0.15) is 0 Å². The summed E-state index contributed by atoms with van der Waals surface area (Å²) in [6, 6.07) is -4.87. The number of carboxylic acid groups (broad SMARTS) is 1. The Hall–Kier alpha value is -2.28. The van der Waals surface area contributed by atoms with Crippen LogP contribution in [0.25, 0.3) is 0 Å². The van der Waals surface area contributed by atoms with E-state index in [1.807, 2.05) is 13.8 Å². The van der Waals surface area contributed by atoms with Crippen LogP contribution in [-0.2, 0) is 19.2 Å². The number of aliphatic carboxylic acids is 1. The van der Waals surface area contributed by atoms with Gasteiger partial charge in [0.25, 0.3) is 0 Å². The number of unbranched alkanes of at least 4 members (excludes halogenated alkanes) is 1. The highest BCUT2D eigenvalue weighted by Gasteiger charge is 2.30. The molecule has 0 saturated carbocycles. The second-order valence-electron chi connectivity index (χ2n) is 7.41. The molecule has 30 heavy (non-hydrogen) atoms. The third kappa shape index (κ3) is 10.5. The predicted octanol–water partition coefficient (Wildman–Crippen LogP) is -2.99. The number of rotatable bonds is 15. The summed E-state index contributed by atoms with van der Waals surface area (Å²) in [4.78, 5) is 48.2. The number of carbonyl (C=O) groups excluding carboxylic acids is 3. The first-order valence-corrected chi connectivity index (χ1v) is 9.88. The van der Waals surface area contributed by atoms with Gasteiger partial charge in [0.1, 0.15) is 24.2 Å². The predicted molar refractivity (Wildman–Crippen MR) is 108 cm³/mol. The molecule has 0 saturated heterocycles. The highest BCUT2D eigenvalue weighted by atomic mass is 16.4. The molecular formula is C18H35N5O7. The smallest absolute Gasteiger partial charge is 0.326 e. The fourth-order valence-electron chi connectivity index (χ4n) is 2.55. The van der Waals surface area contributed by atoms with Crippen LogP contribution in [0.2, 0.25) is 0 Å². The van der Waals surface area contributed by atoms with Crippen molar-refractivity contribution in [2.75, 3.05) is 19.8 Å². The Morgan fingerprint density at radius 2 is 1.37 bits per heavy atom. The third-order valence-corrected chi connectivity index (χ3v) is 4.25. The highest BCUT2D eigenvalue weighted by molar-refractivity contribution is 5.94. The molecule has 0 aliphatic carbocycles. The molecule has 0 aliphatic rings. The van der Waals surface area contributed by atoms with Crippen LogP contribution < -0.4 is 27.4 Å². The molecule has 0 heterocycles. The Morgan fingerprint density at radius 1 is 0.833 bits per heavy atom. The van der Waals surface area contributed by atoms with E-state index in [4.69, 9.17) is 16.6 Å². The molecule has 4 unspecified atom stereocenters. The quantitative estimate of drug-likeness (QED) is 0.123. The zero-order chi connectivity index (χ0) is 23.3. The normalized spacial score (nSPS) is 15.0. The van der Waals surface area contributed by atoms with Crippen LogP contribution in [0.3, 0.4) is 0 Å². The van der Waals surface area contributed by atoms with Crippen molar-refractivity contribution in [2.24, 2.45) is 17.4 Å². The number of nitrogens with one attached hydrogen (secondary N) is 3. The third-order valence-electron chi connectivity index (χ3n) is 4.25. The fourth-order valence-corrected chi connectivity index (χ4v) is 2.55. The van der Waals surface area contributed by atoms with Gasteiger partial charge in [0, 0.05) is 0 Å². The minimum Gasteiger partial charge on any atom is -0.480 e. The Kier molecular flexibility index (Phi) is 13.5. The van der Waals surface area contributed by atoms with Crippen molar-refractivity contribution in [1.29, 1.82) is 0 Å². The summed E-state index contributed by atoms with van der Waals surface area (Å²) in [5, 5.41) is 34.7. The van der Waals surface area contributed by atoms with Crippen LogP contribution in [0.5, 0.6) is 0 Å². The lowest BCUT2D eigenvalue weighted by atomic mass is 10.0. The van der Waals surface area contributed by atoms with E-state index < -0.39 is 61.1 Å². The summed E-state index contributed by atoms with van der Waals surface area (Å²) in [7, 11) is 0. The average molecular weight is 434 g/mol. The number of hydrogen-bond donors (Lipinski definition) is 8. The molecule has 0 aromatic heterocycles. The van der Waals surface area contributed by atoms with E-state index in [2.05, 4.69) is 16.0 Å². The van der Waals surface area contributed by atoms with Crippen LogP contribution in [-0.4, -0.2) is 82.9 Å². The first-order chi connectivity index (χ1) is 14.1. The van der Waals surface area contributed by atoms with Gasteiger partial charge < -0.3 is 42.7 Å². The Bertz CT molecular complexity index is 573. The molecule has 10 N–H and O–H groups in total. The molecule has 12 nitrogen and oxygen atoms in total. The number of amides is 3. The first-order valence-electron chi connectivity index (χ1n) is 9.88. The maximum atomic E-state index is 12.6. The standard InChI is InChI=1S/C18H35N5O7/c1-10(2)7-13(16(27)21-12(18(29)30)5-3-4-6-19)22-17(28)14(9-25)23-15(26)11(20)8-24/h10-14,24-25H,3-9,19-20H2,1-2H3,(H,21,27)(H,22,28)(H,23,26)(H,29,30). The Balaban J connectivity index is 5.18. The molecule has 3 amide bonds. The maximum Gasteiger partial charge on any atom is 0.326 e. The maximum absolute atomic E-state index is 12.6. The second-order valence-corrected chi connectivity index (χ2v) is 7.41. The van der Waals surface area contributed by atoms with Crippen LogP contribution in [0.1, 0.15) is 39.5 Å². The summed E-state index contributed by atoms with van der Waals surface area (Å²) in [5.74, 6) is -3.60. The molecule has 0 spiro atoms. The molecule has 12 heteroatoms. The largest absolute Gasteiger partial charge is 0.480 e. The lowest BCUT2D eigenvalue weighted by molar-refractivity contribution is -0.142. The van der Waals surface area contributed by atoms with E-state index in [1.165, 1.54) is 0 Å². The summed E-state index contributed by atoms with van der Waals surface area (Å²) in [6.07, 6.45) is 1.52. The van der Waals surface area contributed by atoms with Gasteiger partial charge in [0.15, 0.2) is 0 Å². The van der Waals surface area contributed by atoms with Gasteiger partial charge in [0.05, 0.1) is 13.2 Å². The molecule has 0 fully saturated rings. The molecular weight excluding hydrogens is 398 g/mol. The molecule has 0 rings (SSSR count). The lowest BCUT2D eigenvalue weighted by Crippen LogP contribution is -2.58. The summed E-state index contributed by atoms with van der Waals surface area (Å²) in [6.45, 7) is 2.62. The summed E-state index contributed by atoms with van der Waals surface area (Å²) < 4.78 is 0. The van der Waals surface area contributed by atoms with E-state index >= 15 is 0 Å². The van der Waals surface area contributed by atoms with Gasteiger partial charge >= 0.3 is 5.97 Å². The zero-order valence-electron chi connectivity index (χ0n) is 17.5. The van der Waals surface area contributed by atoms with E-state index in [-0.39, 0.29) is 18.8 Å². The van der Waals surface area contributed by atoms with Crippen molar-refractivity contribution in [1.82, 2.24) is 16.0 Å². The number of hydrogen-bond acceptors (Lipinski definition) is 8. The summed E-state index contributed by atoms with van der Waals surface area (Å²) >= 11 is 0. The number of carboxylic acids is 1. The minimum atomic E-state index is -1.39. The van der Waals surface area contributed by atoms with Crippen molar-refractivity contribution in [3.63, 3.8) is 0 Å². The van der Waals surface area contributed by atoms with Crippen LogP contribution >= 0.6 is 0 Å². The fraction of sp³-hybridized carbons (Fsp3) is 0.778. The lowest BCUT2D eigenvalue weighted by Gasteiger charge is -2.25. The van der Waals surface area contributed by atoms with Crippen molar-refractivity contribution in [3.8, 4) is 0 Å². The van der Waals surface area contributed by atoms with E-state index in [9.17, 15) is 29.4 Å². The van der Waals surface area contributed by atoms with Crippen LogP contribution in [0.15, 0.2) is 0 Å². The van der Waals surface area contributed by atoms with Crippen LogP contribution in [0, 0.1) is 5.92 Å². The second kappa shape index (κ2) is 14.7. The Morgan fingerprint density at radius 3 is 1.83 bits per heavy atom.